The van der Waals surface area contributed by atoms with Crippen LogP contribution in [-0.4, -0.2) is 24.9 Å². The quantitative estimate of drug-likeness (QED) is 0.295. The molecule has 0 radical (unpaired) electrons. The third-order valence-electron chi connectivity index (χ3n) is 4.33. The van der Waals surface area contributed by atoms with Gasteiger partial charge in [-0.3, -0.25) is 4.79 Å². The molecule has 0 aliphatic rings. The minimum absolute atomic E-state index is 0.0325. The number of ketones is 1. The van der Waals surface area contributed by atoms with Crippen LogP contribution in [0, 0.1) is 0 Å². The fraction of sp³-hybridized carbons (Fsp3) is 0.0435. The zero-order valence-corrected chi connectivity index (χ0v) is 17.4. The minimum Gasteiger partial charge on any atom is -0.428 e. The number of aromatic nitrogens is 1. The monoisotopic (exact) mass is 435 g/mol. The van der Waals surface area contributed by atoms with Gasteiger partial charge < -0.3 is 4.42 Å². The third kappa shape index (κ3) is 4.22. The van der Waals surface area contributed by atoms with E-state index >= 15 is 0 Å². The molecular formula is C23H17NO4S2. The standard InChI is InChI=1S/C23H17NO4S2/c25-20(17-10-4-1-5-11-17)16-29-23-22(30(26,27)19-14-8-3-9-15-19)24-21(28-23)18-12-6-2-7-13-18/h1-15H,16H2. The SMILES string of the molecule is O=C(CSc1oc(-c2ccccc2)nc1S(=O)(=O)c1ccccc1)c1ccccc1. The van der Waals surface area contributed by atoms with E-state index in [4.69, 9.17) is 4.42 Å². The maximum absolute atomic E-state index is 13.2. The van der Waals surface area contributed by atoms with Gasteiger partial charge in [0, 0.05) is 11.1 Å². The van der Waals surface area contributed by atoms with Crippen molar-refractivity contribution < 1.29 is 17.6 Å². The highest BCUT2D eigenvalue weighted by molar-refractivity contribution is 8.00. The lowest BCUT2D eigenvalue weighted by Crippen LogP contribution is -2.05. The predicted molar refractivity (Wildman–Crippen MR) is 115 cm³/mol. The van der Waals surface area contributed by atoms with Crippen molar-refractivity contribution in [2.75, 3.05) is 5.75 Å². The first kappa shape index (κ1) is 20.1. The first-order valence-electron chi connectivity index (χ1n) is 9.13. The maximum atomic E-state index is 13.2. The molecule has 150 valence electrons. The molecule has 30 heavy (non-hydrogen) atoms. The summed E-state index contributed by atoms with van der Waals surface area (Å²) < 4.78 is 32.2. The number of rotatable bonds is 7. The van der Waals surface area contributed by atoms with E-state index in [0.29, 0.717) is 11.1 Å². The Balaban J connectivity index is 1.71. The van der Waals surface area contributed by atoms with Crippen molar-refractivity contribution in [2.45, 2.75) is 15.0 Å². The van der Waals surface area contributed by atoms with E-state index in [-0.39, 0.29) is 32.4 Å². The summed E-state index contributed by atoms with van der Waals surface area (Å²) in [5, 5.41) is -0.0830. The van der Waals surface area contributed by atoms with E-state index in [1.165, 1.54) is 12.1 Å². The second-order valence-electron chi connectivity index (χ2n) is 6.37. The van der Waals surface area contributed by atoms with Crippen molar-refractivity contribution in [1.29, 1.82) is 0 Å². The van der Waals surface area contributed by atoms with Gasteiger partial charge in [0.2, 0.25) is 25.8 Å². The lowest BCUT2D eigenvalue weighted by atomic mass is 10.2. The molecule has 0 atom stereocenters. The second-order valence-corrected chi connectivity index (χ2v) is 9.19. The number of benzene rings is 3. The van der Waals surface area contributed by atoms with Crippen LogP contribution < -0.4 is 0 Å². The van der Waals surface area contributed by atoms with Gasteiger partial charge in [0.25, 0.3) is 0 Å². The van der Waals surface area contributed by atoms with Gasteiger partial charge in [0.1, 0.15) is 0 Å². The number of hydrogen-bond donors (Lipinski definition) is 0. The smallest absolute Gasteiger partial charge is 0.228 e. The Labute approximate surface area is 178 Å². The van der Waals surface area contributed by atoms with Crippen molar-refractivity contribution in [3.8, 4) is 11.5 Å². The molecule has 0 spiro atoms. The van der Waals surface area contributed by atoms with Crippen LogP contribution in [0.25, 0.3) is 11.5 Å². The molecule has 0 bridgehead atoms. The van der Waals surface area contributed by atoms with E-state index in [1.807, 2.05) is 24.3 Å². The number of oxazole rings is 1. The molecule has 4 rings (SSSR count). The van der Waals surface area contributed by atoms with Gasteiger partial charge in [-0.2, -0.15) is 4.98 Å². The summed E-state index contributed by atoms with van der Waals surface area (Å²) in [6.45, 7) is 0. The Morgan fingerprint density at radius 1 is 0.833 bits per heavy atom. The van der Waals surface area contributed by atoms with E-state index < -0.39 is 9.84 Å². The fourth-order valence-corrected chi connectivity index (χ4v) is 5.25. The lowest BCUT2D eigenvalue weighted by Gasteiger charge is -2.03. The lowest BCUT2D eigenvalue weighted by molar-refractivity contribution is 0.102. The van der Waals surface area contributed by atoms with Crippen molar-refractivity contribution in [2.24, 2.45) is 0 Å². The molecule has 0 saturated carbocycles. The third-order valence-corrected chi connectivity index (χ3v) is 7.08. The first-order valence-corrected chi connectivity index (χ1v) is 11.6. The van der Waals surface area contributed by atoms with Crippen molar-refractivity contribution >= 4 is 27.4 Å². The Morgan fingerprint density at radius 3 is 2.03 bits per heavy atom. The van der Waals surface area contributed by atoms with E-state index in [2.05, 4.69) is 4.98 Å². The fourth-order valence-electron chi connectivity index (χ4n) is 2.81. The van der Waals surface area contributed by atoms with Crippen molar-refractivity contribution in [1.82, 2.24) is 4.98 Å². The molecule has 5 nitrogen and oxygen atoms in total. The van der Waals surface area contributed by atoms with E-state index in [9.17, 15) is 13.2 Å². The molecule has 3 aromatic carbocycles. The molecule has 7 heteroatoms. The Kier molecular flexibility index (Phi) is 5.83. The van der Waals surface area contributed by atoms with Crippen LogP contribution in [0.3, 0.4) is 0 Å². The molecule has 1 heterocycles. The molecule has 0 aliphatic heterocycles. The molecule has 0 unspecified atom stereocenters. The summed E-state index contributed by atoms with van der Waals surface area (Å²) in [6, 6.07) is 26.0. The first-order chi connectivity index (χ1) is 14.6. The number of Topliss-reactive ketones (excluding diaryl/α,β-unsaturated/α-hetero) is 1. The van der Waals surface area contributed by atoms with Crippen LogP contribution >= 0.6 is 11.8 Å². The summed E-state index contributed by atoms with van der Waals surface area (Å²) in [4.78, 5) is 16.9. The molecular weight excluding hydrogens is 418 g/mol. The minimum atomic E-state index is -3.91. The number of sulfone groups is 1. The Bertz CT molecular complexity index is 1250. The molecule has 0 aliphatic carbocycles. The summed E-state index contributed by atoms with van der Waals surface area (Å²) in [5.74, 6) is 0.103. The number of carbonyl (C=O) groups is 1. The van der Waals surface area contributed by atoms with Gasteiger partial charge in [0.05, 0.1) is 10.6 Å². The molecule has 1 aromatic heterocycles. The summed E-state index contributed by atoms with van der Waals surface area (Å²) in [7, 11) is -3.91. The summed E-state index contributed by atoms with van der Waals surface area (Å²) in [5.41, 5.74) is 1.21. The Morgan fingerprint density at radius 2 is 1.40 bits per heavy atom. The normalized spacial score (nSPS) is 11.3. The molecule has 4 aromatic rings. The van der Waals surface area contributed by atoms with Crippen molar-refractivity contribution in [3.05, 3.63) is 96.6 Å². The van der Waals surface area contributed by atoms with Crippen LogP contribution in [0.5, 0.6) is 0 Å². The van der Waals surface area contributed by atoms with Crippen molar-refractivity contribution in [3.63, 3.8) is 0 Å². The van der Waals surface area contributed by atoms with Crippen LogP contribution in [0.1, 0.15) is 10.4 Å². The highest BCUT2D eigenvalue weighted by Crippen LogP contribution is 2.35. The second kappa shape index (κ2) is 8.69. The number of nitrogens with zero attached hydrogens (tertiary/aromatic N) is 1. The zero-order chi connectivity index (χ0) is 21.0. The molecule has 0 amide bonds. The molecule has 0 fully saturated rings. The summed E-state index contributed by atoms with van der Waals surface area (Å²) in [6.07, 6.45) is 0. The van der Waals surface area contributed by atoms with Gasteiger partial charge in [-0.15, -0.1) is 0 Å². The predicted octanol–water partition coefficient (Wildman–Crippen LogP) is 5.15. The highest BCUT2D eigenvalue weighted by atomic mass is 32.2. The average molecular weight is 436 g/mol. The van der Waals surface area contributed by atoms with Crippen LogP contribution in [-0.2, 0) is 9.84 Å². The number of hydrogen-bond acceptors (Lipinski definition) is 6. The van der Waals surface area contributed by atoms with Gasteiger partial charge in [-0.1, -0.05) is 78.5 Å². The summed E-state index contributed by atoms with van der Waals surface area (Å²) >= 11 is 1.03. The van der Waals surface area contributed by atoms with Gasteiger partial charge in [0.15, 0.2) is 5.78 Å². The largest absolute Gasteiger partial charge is 0.428 e. The molecule has 0 N–H and O–H groups in total. The maximum Gasteiger partial charge on any atom is 0.228 e. The van der Waals surface area contributed by atoms with Crippen LogP contribution in [0.15, 0.2) is 110 Å². The highest BCUT2D eigenvalue weighted by Gasteiger charge is 2.29. The topological polar surface area (TPSA) is 77.2 Å². The van der Waals surface area contributed by atoms with Crippen LogP contribution in [0.2, 0.25) is 0 Å². The number of thioether (sulfide) groups is 1. The van der Waals surface area contributed by atoms with E-state index in [1.54, 1.807) is 54.6 Å². The van der Waals surface area contributed by atoms with Gasteiger partial charge in [-0.05, 0) is 24.3 Å². The number of carbonyl (C=O) groups excluding carboxylic acids is 1. The van der Waals surface area contributed by atoms with Gasteiger partial charge >= 0.3 is 0 Å². The molecule has 0 saturated heterocycles. The van der Waals surface area contributed by atoms with Crippen LogP contribution in [0.4, 0.5) is 0 Å². The van der Waals surface area contributed by atoms with Gasteiger partial charge in [-0.25, -0.2) is 8.42 Å². The average Bonchev–Trinajstić information content (AvgIpc) is 3.24. The Hall–Kier alpha value is -3.16. The van der Waals surface area contributed by atoms with E-state index in [0.717, 1.165) is 11.8 Å². The zero-order valence-electron chi connectivity index (χ0n) is 15.8.